The number of rotatable bonds is 5. The molecule has 1 saturated heterocycles. The van der Waals surface area contributed by atoms with Gasteiger partial charge < -0.3 is 10.2 Å². The maximum atomic E-state index is 12.1. The van der Waals surface area contributed by atoms with Crippen molar-refractivity contribution in [3.63, 3.8) is 0 Å². The summed E-state index contributed by atoms with van der Waals surface area (Å²) in [5, 5.41) is 2.69. The first kappa shape index (κ1) is 14.6. The predicted molar refractivity (Wildman–Crippen MR) is 78.1 cm³/mol. The molecule has 20 heavy (non-hydrogen) atoms. The Bertz CT molecular complexity index is 471. The number of hydrogen-bond donors (Lipinski definition) is 1. The molecule has 1 fully saturated rings. The lowest BCUT2D eigenvalue weighted by Gasteiger charge is -2.35. The van der Waals surface area contributed by atoms with Crippen molar-refractivity contribution < 1.29 is 9.59 Å². The van der Waals surface area contributed by atoms with Crippen LogP contribution in [0.3, 0.4) is 0 Å². The van der Waals surface area contributed by atoms with E-state index in [1.807, 2.05) is 30.3 Å². The molecule has 2 rings (SSSR count). The van der Waals surface area contributed by atoms with Crippen LogP contribution in [0.2, 0.25) is 0 Å². The normalized spacial score (nSPS) is 19.4. The average molecular weight is 274 g/mol. The Morgan fingerprint density at radius 1 is 1.25 bits per heavy atom. The minimum atomic E-state index is -0.319. The lowest BCUT2D eigenvalue weighted by Crippen LogP contribution is -2.59. The fraction of sp³-hybridized carbons (Fsp3) is 0.500. The lowest BCUT2D eigenvalue weighted by molar-refractivity contribution is -0.146. The van der Waals surface area contributed by atoms with Gasteiger partial charge in [-0.2, -0.15) is 0 Å². The van der Waals surface area contributed by atoms with E-state index in [1.54, 1.807) is 4.90 Å². The minimum Gasteiger partial charge on any atom is -0.345 e. The van der Waals surface area contributed by atoms with E-state index < -0.39 is 0 Å². The Kier molecular flexibility index (Phi) is 4.77. The molecule has 108 valence electrons. The topological polar surface area (TPSA) is 49.4 Å². The van der Waals surface area contributed by atoms with E-state index >= 15 is 0 Å². The van der Waals surface area contributed by atoms with Gasteiger partial charge in [0.25, 0.3) is 0 Å². The summed E-state index contributed by atoms with van der Waals surface area (Å²) in [5.74, 6) is 0.383. The molecule has 1 aromatic rings. The number of hydrogen-bond acceptors (Lipinski definition) is 2. The zero-order valence-electron chi connectivity index (χ0n) is 12.1. The Hall–Kier alpha value is -1.84. The number of piperazine rings is 1. The fourth-order valence-corrected chi connectivity index (χ4v) is 2.55. The quantitative estimate of drug-likeness (QED) is 0.886. The number of carbonyl (C=O) groups excluding carboxylic acids is 2. The minimum absolute atomic E-state index is 0.0196. The molecule has 0 aliphatic carbocycles. The summed E-state index contributed by atoms with van der Waals surface area (Å²) in [6.07, 6.45) is 1.50. The molecule has 0 aromatic heterocycles. The van der Waals surface area contributed by atoms with Crippen molar-refractivity contribution in [2.24, 2.45) is 5.92 Å². The fourth-order valence-electron chi connectivity index (χ4n) is 2.55. The van der Waals surface area contributed by atoms with Gasteiger partial charge in [0.15, 0.2) is 0 Å². The molecule has 4 heteroatoms. The monoisotopic (exact) mass is 274 g/mol. The van der Waals surface area contributed by atoms with Gasteiger partial charge in [0.1, 0.15) is 6.04 Å². The van der Waals surface area contributed by atoms with E-state index in [9.17, 15) is 9.59 Å². The molecular formula is C16H22N2O2. The third-order valence-corrected chi connectivity index (χ3v) is 3.59. The van der Waals surface area contributed by atoms with E-state index in [-0.39, 0.29) is 24.4 Å². The first-order valence-electron chi connectivity index (χ1n) is 7.19. The van der Waals surface area contributed by atoms with E-state index in [2.05, 4.69) is 19.2 Å². The third kappa shape index (κ3) is 3.59. The molecule has 0 bridgehead atoms. The molecule has 1 aliphatic heterocycles. The third-order valence-electron chi connectivity index (χ3n) is 3.59. The molecule has 0 spiro atoms. The van der Waals surface area contributed by atoms with Crippen molar-refractivity contribution >= 4 is 11.8 Å². The zero-order valence-corrected chi connectivity index (χ0v) is 12.1. The van der Waals surface area contributed by atoms with Crippen molar-refractivity contribution in [1.82, 2.24) is 10.2 Å². The van der Waals surface area contributed by atoms with Gasteiger partial charge in [-0.05, 0) is 24.3 Å². The zero-order chi connectivity index (χ0) is 14.5. The van der Waals surface area contributed by atoms with Crippen LogP contribution in [-0.4, -0.2) is 35.8 Å². The van der Waals surface area contributed by atoms with Crippen LogP contribution in [-0.2, 0) is 16.0 Å². The molecular weight excluding hydrogens is 252 g/mol. The van der Waals surface area contributed by atoms with E-state index in [0.717, 1.165) is 6.42 Å². The van der Waals surface area contributed by atoms with Gasteiger partial charge in [0.05, 0.1) is 6.54 Å². The SMILES string of the molecule is CC(C)CC1C(=O)NCC(=O)N1CCc1ccccc1. The standard InChI is InChI=1S/C16H22N2O2/c1-12(2)10-14-16(20)17-11-15(19)18(14)9-8-13-6-4-3-5-7-13/h3-7,12,14H,8-11H2,1-2H3,(H,17,20). The van der Waals surface area contributed by atoms with Crippen LogP contribution in [0.5, 0.6) is 0 Å². The van der Waals surface area contributed by atoms with Gasteiger partial charge >= 0.3 is 0 Å². The van der Waals surface area contributed by atoms with E-state index in [0.29, 0.717) is 18.9 Å². The molecule has 0 saturated carbocycles. The second kappa shape index (κ2) is 6.55. The lowest BCUT2D eigenvalue weighted by atomic mass is 9.99. The van der Waals surface area contributed by atoms with Crippen LogP contribution < -0.4 is 5.32 Å². The summed E-state index contributed by atoms with van der Waals surface area (Å²) in [6, 6.07) is 9.74. The first-order valence-corrected chi connectivity index (χ1v) is 7.19. The number of nitrogens with one attached hydrogen (secondary N) is 1. The highest BCUT2D eigenvalue weighted by atomic mass is 16.2. The Labute approximate surface area is 120 Å². The summed E-state index contributed by atoms with van der Waals surface area (Å²) in [4.78, 5) is 25.8. The van der Waals surface area contributed by atoms with Gasteiger partial charge in [-0.3, -0.25) is 9.59 Å². The number of benzene rings is 1. The van der Waals surface area contributed by atoms with Crippen molar-refractivity contribution in [2.45, 2.75) is 32.7 Å². The van der Waals surface area contributed by atoms with Crippen LogP contribution in [0.4, 0.5) is 0 Å². The highest BCUT2D eigenvalue weighted by Gasteiger charge is 2.34. The summed E-state index contributed by atoms with van der Waals surface area (Å²) in [7, 11) is 0. The van der Waals surface area contributed by atoms with Gasteiger partial charge in [-0.25, -0.2) is 0 Å². The summed E-state index contributed by atoms with van der Waals surface area (Å²) in [6.45, 7) is 4.87. The molecule has 1 unspecified atom stereocenters. The van der Waals surface area contributed by atoms with E-state index in [4.69, 9.17) is 0 Å². The van der Waals surface area contributed by atoms with Gasteiger partial charge in [-0.1, -0.05) is 44.2 Å². The molecule has 1 N–H and O–H groups in total. The molecule has 1 heterocycles. The van der Waals surface area contributed by atoms with Gasteiger partial charge in [-0.15, -0.1) is 0 Å². The first-order chi connectivity index (χ1) is 9.58. The van der Waals surface area contributed by atoms with Crippen LogP contribution in [0.1, 0.15) is 25.8 Å². The maximum absolute atomic E-state index is 12.1. The molecule has 0 radical (unpaired) electrons. The second-order valence-electron chi connectivity index (χ2n) is 5.69. The number of amides is 2. The Balaban J connectivity index is 2.04. The predicted octanol–water partition coefficient (Wildman–Crippen LogP) is 1.60. The van der Waals surface area contributed by atoms with Crippen LogP contribution in [0.25, 0.3) is 0 Å². The second-order valence-corrected chi connectivity index (χ2v) is 5.69. The number of carbonyl (C=O) groups is 2. The van der Waals surface area contributed by atoms with Crippen LogP contribution in [0, 0.1) is 5.92 Å². The Morgan fingerprint density at radius 2 is 1.95 bits per heavy atom. The summed E-state index contributed by atoms with van der Waals surface area (Å²) < 4.78 is 0. The Morgan fingerprint density at radius 3 is 2.60 bits per heavy atom. The van der Waals surface area contributed by atoms with Crippen LogP contribution >= 0.6 is 0 Å². The van der Waals surface area contributed by atoms with Gasteiger partial charge in [0.2, 0.25) is 11.8 Å². The largest absolute Gasteiger partial charge is 0.345 e. The van der Waals surface area contributed by atoms with Crippen molar-refractivity contribution in [1.29, 1.82) is 0 Å². The molecule has 1 atom stereocenters. The molecule has 2 amide bonds. The molecule has 4 nitrogen and oxygen atoms in total. The maximum Gasteiger partial charge on any atom is 0.243 e. The van der Waals surface area contributed by atoms with Gasteiger partial charge in [0, 0.05) is 6.54 Å². The average Bonchev–Trinajstić information content (AvgIpc) is 2.43. The van der Waals surface area contributed by atoms with E-state index in [1.165, 1.54) is 5.56 Å². The highest BCUT2D eigenvalue weighted by molar-refractivity contribution is 5.94. The van der Waals surface area contributed by atoms with Crippen molar-refractivity contribution in [3.8, 4) is 0 Å². The summed E-state index contributed by atoms with van der Waals surface area (Å²) >= 11 is 0. The van der Waals surface area contributed by atoms with Crippen molar-refractivity contribution in [2.75, 3.05) is 13.1 Å². The molecule has 1 aromatic carbocycles. The van der Waals surface area contributed by atoms with Crippen molar-refractivity contribution in [3.05, 3.63) is 35.9 Å². The highest BCUT2D eigenvalue weighted by Crippen LogP contribution is 2.16. The summed E-state index contributed by atoms with van der Waals surface area (Å²) in [5.41, 5.74) is 1.19. The number of nitrogens with zero attached hydrogens (tertiary/aromatic N) is 1. The van der Waals surface area contributed by atoms with Crippen LogP contribution in [0.15, 0.2) is 30.3 Å². The molecule has 1 aliphatic rings. The smallest absolute Gasteiger partial charge is 0.243 e.